The quantitative estimate of drug-likeness (QED) is 0.802. The lowest BCUT2D eigenvalue weighted by molar-refractivity contribution is 0.0822. The molecule has 0 radical (unpaired) electrons. The van der Waals surface area contributed by atoms with E-state index in [0.29, 0.717) is 5.69 Å². The van der Waals surface area contributed by atoms with E-state index in [1.165, 1.54) is 5.56 Å². The van der Waals surface area contributed by atoms with E-state index in [4.69, 9.17) is 0 Å². The van der Waals surface area contributed by atoms with Crippen LogP contribution in [-0.2, 0) is 6.42 Å². The monoisotopic (exact) mass is 249 g/mol. The van der Waals surface area contributed by atoms with Crippen molar-refractivity contribution in [2.45, 2.75) is 26.2 Å². The topological polar surface area (TPSA) is 36.4 Å². The lowest BCUT2D eigenvalue weighted by Gasteiger charge is -2.19. The Hall–Kier alpha value is -1.58. The van der Waals surface area contributed by atoms with Crippen molar-refractivity contribution in [2.75, 3.05) is 33.1 Å². The Morgan fingerprint density at radius 1 is 1.28 bits per heavy atom. The van der Waals surface area contributed by atoms with E-state index >= 15 is 0 Å². The van der Waals surface area contributed by atoms with Crippen molar-refractivity contribution >= 4 is 11.6 Å². The lowest BCUT2D eigenvalue weighted by Crippen LogP contribution is -2.26. The molecule has 100 valence electrons. The number of rotatable bonds is 5. The van der Waals surface area contributed by atoms with Crippen LogP contribution in [0.2, 0.25) is 0 Å². The molecule has 0 saturated heterocycles. The summed E-state index contributed by atoms with van der Waals surface area (Å²) in [6.07, 6.45) is 5.14. The molecular weight excluding hydrogens is 226 g/mol. The lowest BCUT2D eigenvalue weighted by atomic mass is 10.1. The first-order valence-corrected chi connectivity index (χ1v) is 6.35. The first-order valence-electron chi connectivity index (χ1n) is 6.35. The maximum Gasteiger partial charge on any atom is 0.274 e. The number of unbranched alkanes of at least 4 members (excludes halogenated alkanes) is 1. The van der Waals surface area contributed by atoms with E-state index in [1.54, 1.807) is 19.0 Å². The van der Waals surface area contributed by atoms with Gasteiger partial charge in [0, 0.05) is 34.4 Å². The van der Waals surface area contributed by atoms with Gasteiger partial charge in [-0.15, -0.1) is 0 Å². The van der Waals surface area contributed by atoms with Crippen LogP contribution in [0.3, 0.4) is 0 Å². The second-order valence-corrected chi connectivity index (χ2v) is 4.91. The molecular formula is C14H23N3O. The highest BCUT2D eigenvalue weighted by molar-refractivity contribution is 5.97. The molecule has 0 aliphatic heterocycles. The molecule has 0 unspecified atom stereocenters. The maximum atomic E-state index is 12.0. The number of pyridine rings is 1. The van der Waals surface area contributed by atoms with Gasteiger partial charge in [-0.3, -0.25) is 4.79 Å². The van der Waals surface area contributed by atoms with Crippen LogP contribution in [0.25, 0.3) is 0 Å². The van der Waals surface area contributed by atoms with Crippen LogP contribution >= 0.6 is 0 Å². The minimum atomic E-state index is -0.0549. The molecule has 0 aliphatic carbocycles. The highest BCUT2D eigenvalue weighted by atomic mass is 16.2. The van der Waals surface area contributed by atoms with Gasteiger partial charge in [0.2, 0.25) is 0 Å². The van der Waals surface area contributed by atoms with Gasteiger partial charge in [0.25, 0.3) is 5.91 Å². The minimum Gasteiger partial charge on any atom is -0.376 e. The third-order valence-electron chi connectivity index (χ3n) is 2.83. The molecule has 4 nitrogen and oxygen atoms in total. The van der Waals surface area contributed by atoms with Crippen LogP contribution in [0.1, 0.15) is 35.8 Å². The molecule has 1 amide bonds. The standard InChI is InChI=1S/C14H23N3O/c1-6-7-8-11-9-12(16(2)3)13(15-10-11)14(18)17(4)5/h9-10H,6-8H2,1-5H3. The fourth-order valence-electron chi connectivity index (χ4n) is 1.73. The van der Waals surface area contributed by atoms with Gasteiger partial charge < -0.3 is 9.80 Å². The van der Waals surface area contributed by atoms with Crippen molar-refractivity contribution in [1.29, 1.82) is 0 Å². The molecule has 0 fully saturated rings. The Morgan fingerprint density at radius 3 is 2.44 bits per heavy atom. The van der Waals surface area contributed by atoms with Gasteiger partial charge in [-0.25, -0.2) is 4.98 Å². The number of hydrogen-bond acceptors (Lipinski definition) is 3. The van der Waals surface area contributed by atoms with Gasteiger partial charge in [0.1, 0.15) is 0 Å². The minimum absolute atomic E-state index is 0.0549. The van der Waals surface area contributed by atoms with Crippen molar-refractivity contribution in [3.63, 3.8) is 0 Å². The zero-order chi connectivity index (χ0) is 13.7. The van der Waals surface area contributed by atoms with E-state index in [9.17, 15) is 4.79 Å². The Morgan fingerprint density at radius 2 is 1.94 bits per heavy atom. The van der Waals surface area contributed by atoms with Gasteiger partial charge in [-0.05, 0) is 24.5 Å². The Labute approximate surface area is 110 Å². The van der Waals surface area contributed by atoms with Gasteiger partial charge in [-0.2, -0.15) is 0 Å². The van der Waals surface area contributed by atoms with E-state index in [0.717, 1.165) is 24.9 Å². The van der Waals surface area contributed by atoms with Crippen molar-refractivity contribution < 1.29 is 4.79 Å². The molecule has 1 rings (SSSR count). The molecule has 1 aromatic rings. The zero-order valence-corrected chi connectivity index (χ0v) is 12.0. The molecule has 1 aromatic heterocycles. The number of hydrogen-bond donors (Lipinski definition) is 0. The summed E-state index contributed by atoms with van der Waals surface area (Å²) >= 11 is 0. The van der Waals surface area contributed by atoms with E-state index < -0.39 is 0 Å². The number of aryl methyl sites for hydroxylation is 1. The van der Waals surface area contributed by atoms with Crippen molar-refractivity contribution in [1.82, 2.24) is 9.88 Å². The molecule has 0 aromatic carbocycles. The summed E-state index contributed by atoms with van der Waals surface area (Å²) in [6, 6.07) is 2.07. The highest BCUT2D eigenvalue weighted by Gasteiger charge is 2.16. The predicted molar refractivity (Wildman–Crippen MR) is 75.2 cm³/mol. The summed E-state index contributed by atoms with van der Waals surface area (Å²) < 4.78 is 0. The number of carbonyl (C=O) groups is 1. The summed E-state index contributed by atoms with van der Waals surface area (Å²) in [4.78, 5) is 19.9. The van der Waals surface area contributed by atoms with Crippen LogP contribution in [-0.4, -0.2) is 44.0 Å². The average molecular weight is 249 g/mol. The molecule has 0 bridgehead atoms. The number of amides is 1. The second kappa shape index (κ2) is 6.38. The normalized spacial score (nSPS) is 10.3. The zero-order valence-electron chi connectivity index (χ0n) is 12.0. The Kier molecular flexibility index (Phi) is 5.13. The third kappa shape index (κ3) is 3.45. The molecule has 0 spiro atoms. The van der Waals surface area contributed by atoms with Crippen LogP contribution in [0.5, 0.6) is 0 Å². The van der Waals surface area contributed by atoms with Gasteiger partial charge in [0.15, 0.2) is 5.69 Å². The average Bonchev–Trinajstić information content (AvgIpc) is 2.34. The summed E-state index contributed by atoms with van der Waals surface area (Å²) in [6.45, 7) is 2.17. The molecule has 0 atom stereocenters. The first-order chi connectivity index (χ1) is 8.47. The molecule has 0 aliphatic rings. The highest BCUT2D eigenvalue weighted by Crippen LogP contribution is 2.20. The second-order valence-electron chi connectivity index (χ2n) is 4.91. The first kappa shape index (κ1) is 14.5. The fraction of sp³-hybridized carbons (Fsp3) is 0.571. The number of carbonyl (C=O) groups excluding carboxylic acids is 1. The number of anilines is 1. The summed E-state index contributed by atoms with van der Waals surface area (Å²) in [5, 5.41) is 0. The molecule has 0 saturated carbocycles. The van der Waals surface area contributed by atoms with E-state index in [1.807, 2.05) is 25.2 Å². The number of nitrogens with zero attached hydrogens (tertiary/aromatic N) is 3. The van der Waals surface area contributed by atoms with E-state index in [2.05, 4.69) is 18.0 Å². The van der Waals surface area contributed by atoms with Crippen LogP contribution < -0.4 is 4.90 Å². The SMILES string of the molecule is CCCCc1cnc(C(=O)N(C)C)c(N(C)C)c1. The maximum absolute atomic E-state index is 12.0. The predicted octanol–water partition coefficient (Wildman–Crippen LogP) is 2.19. The van der Waals surface area contributed by atoms with Crippen molar-refractivity contribution in [3.05, 3.63) is 23.5 Å². The molecule has 4 heteroatoms. The third-order valence-corrected chi connectivity index (χ3v) is 2.83. The number of aromatic nitrogens is 1. The van der Waals surface area contributed by atoms with E-state index in [-0.39, 0.29) is 5.91 Å². The van der Waals surface area contributed by atoms with Crippen LogP contribution in [0, 0.1) is 0 Å². The molecule has 18 heavy (non-hydrogen) atoms. The largest absolute Gasteiger partial charge is 0.376 e. The smallest absolute Gasteiger partial charge is 0.274 e. The van der Waals surface area contributed by atoms with Gasteiger partial charge in [0.05, 0.1) is 5.69 Å². The summed E-state index contributed by atoms with van der Waals surface area (Å²) in [5.74, 6) is -0.0549. The van der Waals surface area contributed by atoms with Crippen LogP contribution in [0.4, 0.5) is 5.69 Å². The fourth-order valence-corrected chi connectivity index (χ4v) is 1.73. The summed E-state index contributed by atoms with van der Waals surface area (Å²) in [7, 11) is 7.36. The van der Waals surface area contributed by atoms with Crippen molar-refractivity contribution in [3.8, 4) is 0 Å². The van der Waals surface area contributed by atoms with Gasteiger partial charge in [-0.1, -0.05) is 13.3 Å². The molecule has 0 N–H and O–H groups in total. The Balaban J connectivity index is 3.08. The van der Waals surface area contributed by atoms with Crippen molar-refractivity contribution in [2.24, 2.45) is 0 Å². The van der Waals surface area contributed by atoms with Gasteiger partial charge >= 0.3 is 0 Å². The summed E-state index contributed by atoms with van der Waals surface area (Å²) in [5.41, 5.74) is 2.60. The Bertz CT molecular complexity index is 414. The van der Waals surface area contributed by atoms with Crippen LogP contribution in [0.15, 0.2) is 12.3 Å². The molecule has 1 heterocycles.